The van der Waals surface area contributed by atoms with Crippen LogP contribution in [0.15, 0.2) is 146 Å². The monoisotopic (exact) mass is 630 g/mol. The molecule has 11 rings (SSSR count). The van der Waals surface area contributed by atoms with Crippen molar-refractivity contribution in [1.29, 1.82) is 0 Å². The summed E-state index contributed by atoms with van der Waals surface area (Å²) in [5.74, 6) is 0. The van der Waals surface area contributed by atoms with E-state index < -0.39 is 0 Å². The van der Waals surface area contributed by atoms with Gasteiger partial charge in [-0.15, -0.1) is 11.3 Å². The van der Waals surface area contributed by atoms with Gasteiger partial charge in [-0.2, -0.15) is 0 Å². The molecule has 2 nitrogen and oxygen atoms in total. The lowest BCUT2D eigenvalue weighted by molar-refractivity contribution is 0.660. The minimum absolute atomic E-state index is 0.0827. The first-order valence-electron chi connectivity index (χ1n) is 16.7. The molecule has 48 heavy (non-hydrogen) atoms. The summed E-state index contributed by atoms with van der Waals surface area (Å²) in [6, 6.07) is 54.2. The second-order valence-corrected chi connectivity index (χ2v) is 14.8. The molecule has 0 unspecified atom stereocenters. The normalized spacial score (nSPS) is 13.8. The Morgan fingerprint density at radius 1 is 0.438 bits per heavy atom. The van der Waals surface area contributed by atoms with Crippen LogP contribution in [-0.2, 0) is 5.41 Å². The van der Waals surface area contributed by atoms with Crippen molar-refractivity contribution >= 4 is 75.1 Å². The number of hydrogen-bond acceptors (Lipinski definition) is 1. The van der Waals surface area contributed by atoms with Crippen molar-refractivity contribution in [2.24, 2.45) is 0 Å². The Morgan fingerprint density at radius 3 is 2.02 bits per heavy atom. The maximum atomic E-state index is 2.56. The van der Waals surface area contributed by atoms with Crippen LogP contribution in [0.5, 0.6) is 0 Å². The van der Waals surface area contributed by atoms with E-state index in [1.165, 1.54) is 97.4 Å². The average Bonchev–Trinajstić information content (AvgIpc) is 3.83. The highest BCUT2D eigenvalue weighted by molar-refractivity contribution is 7.26. The first kappa shape index (κ1) is 26.4. The highest BCUT2D eigenvalue weighted by atomic mass is 32.1. The van der Waals surface area contributed by atoms with E-state index >= 15 is 0 Å². The van der Waals surface area contributed by atoms with E-state index in [1.807, 2.05) is 11.3 Å². The summed E-state index contributed by atoms with van der Waals surface area (Å²) in [7, 11) is 0. The van der Waals surface area contributed by atoms with Crippen LogP contribution in [0.3, 0.4) is 0 Å². The van der Waals surface area contributed by atoms with Gasteiger partial charge in [-0.05, 0) is 70.8 Å². The third kappa shape index (κ3) is 3.31. The molecule has 0 saturated heterocycles. The summed E-state index contributed by atoms with van der Waals surface area (Å²) < 4.78 is 7.67. The quantitative estimate of drug-likeness (QED) is 0.180. The molecule has 3 aromatic heterocycles. The molecule has 0 aliphatic heterocycles. The zero-order chi connectivity index (χ0) is 31.7. The molecule has 0 amide bonds. The number of para-hydroxylation sites is 2. The van der Waals surface area contributed by atoms with E-state index in [2.05, 4.69) is 169 Å². The second-order valence-electron chi connectivity index (χ2n) is 13.7. The van der Waals surface area contributed by atoms with Crippen molar-refractivity contribution in [2.45, 2.75) is 19.3 Å². The van der Waals surface area contributed by atoms with Crippen LogP contribution in [0.25, 0.3) is 86.3 Å². The van der Waals surface area contributed by atoms with E-state index in [4.69, 9.17) is 0 Å². The summed E-state index contributed by atoms with van der Waals surface area (Å²) in [6.07, 6.45) is 0. The lowest BCUT2D eigenvalue weighted by Gasteiger charge is -2.22. The van der Waals surface area contributed by atoms with Gasteiger partial charge in [-0.1, -0.05) is 111 Å². The van der Waals surface area contributed by atoms with Gasteiger partial charge >= 0.3 is 0 Å². The zero-order valence-corrected chi connectivity index (χ0v) is 27.5. The van der Waals surface area contributed by atoms with Crippen LogP contribution >= 0.6 is 11.3 Å². The Hall–Kier alpha value is -5.64. The molecular weight excluding hydrogens is 601 g/mol. The Kier molecular flexibility index (Phi) is 5.09. The lowest BCUT2D eigenvalue weighted by Crippen LogP contribution is -2.15. The van der Waals surface area contributed by atoms with Gasteiger partial charge in [0, 0.05) is 53.8 Å². The Morgan fingerprint density at radius 2 is 1.12 bits per heavy atom. The Labute approximate surface area is 281 Å². The van der Waals surface area contributed by atoms with E-state index in [-0.39, 0.29) is 5.41 Å². The summed E-state index contributed by atoms with van der Waals surface area (Å²) in [5, 5.41) is 7.79. The molecule has 3 heteroatoms. The highest BCUT2D eigenvalue weighted by Gasteiger charge is 2.35. The van der Waals surface area contributed by atoms with Gasteiger partial charge in [0.25, 0.3) is 0 Å². The molecule has 0 N–H and O–H groups in total. The first-order chi connectivity index (χ1) is 23.6. The Bertz CT molecular complexity index is 2970. The number of thiophene rings is 1. The SMILES string of the molecule is CC1(C)c2ccccc2-c2ccc(-n3c4cc5c(cc4c4ccc6c7ccccc7sc6c43)c3ccccc3n5-c3ccccc3)cc21. The number of rotatable bonds is 2. The number of hydrogen-bond donors (Lipinski definition) is 0. The standard InChI is InChI=1S/C45H30N2S/c1-45(2)37-17-9-6-14-29(37)30-21-20-28(24-38(30)45)47-41-26-40-35(31-15-7-10-18-39(31)46(40)27-12-4-3-5-13-27)25-36(41)33-22-23-34-32-16-8-11-19-42(32)48-44(34)43(33)47/h3-26H,1-2H3. The van der Waals surface area contributed by atoms with Gasteiger partial charge < -0.3 is 9.13 Å². The molecular formula is C45H30N2S. The van der Waals surface area contributed by atoms with Crippen LogP contribution in [0, 0.1) is 0 Å². The molecule has 0 saturated carbocycles. The topological polar surface area (TPSA) is 9.86 Å². The van der Waals surface area contributed by atoms with Gasteiger partial charge in [0.2, 0.25) is 0 Å². The summed E-state index contributed by atoms with van der Waals surface area (Å²) in [4.78, 5) is 0. The lowest BCUT2D eigenvalue weighted by atomic mass is 9.82. The molecule has 3 heterocycles. The molecule has 7 aromatic carbocycles. The summed E-state index contributed by atoms with van der Waals surface area (Å²) >= 11 is 1.91. The van der Waals surface area contributed by atoms with Crippen LogP contribution < -0.4 is 0 Å². The predicted octanol–water partition coefficient (Wildman–Crippen LogP) is 12.6. The largest absolute Gasteiger partial charge is 0.309 e. The van der Waals surface area contributed by atoms with Gasteiger partial charge in [-0.3, -0.25) is 0 Å². The van der Waals surface area contributed by atoms with Crippen LogP contribution in [-0.4, -0.2) is 9.13 Å². The molecule has 0 fully saturated rings. The number of benzene rings is 7. The summed E-state index contributed by atoms with van der Waals surface area (Å²) in [5.41, 5.74) is 12.8. The molecule has 226 valence electrons. The van der Waals surface area contributed by atoms with E-state index in [1.54, 1.807) is 0 Å². The van der Waals surface area contributed by atoms with E-state index in [0.29, 0.717) is 0 Å². The highest BCUT2D eigenvalue weighted by Crippen LogP contribution is 2.50. The Balaban J connectivity index is 1.32. The molecule has 0 atom stereocenters. The zero-order valence-electron chi connectivity index (χ0n) is 26.7. The van der Waals surface area contributed by atoms with Gasteiger partial charge in [0.15, 0.2) is 0 Å². The number of nitrogens with zero attached hydrogens (tertiary/aromatic N) is 2. The van der Waals surface area contributed by atoms with Gasteiger partial charge in [0.05, 0.1) is 26.8 Å². The van der Waals surface area contributed by atoms with Crippen molar-refractivity contribution in [2.75, 3.05) is 0 Å². The average molecular weight is 631 g/mol. The van der Waals surface area contributed by atoms with Crippen molar-refractivity contribution in [3.05, 3.63) is 157 Å². The van der Waals surface area contributed by atoms with E-state index in [0.717, 1.165) is 0 Å². The number of aromatic nitrogens is 2. The maximum absolute atomic E-state index is 2.56. The van der Waals surface area contributed by atoms with Crippen molar-refractivity contribution in [1.82, 2.24) is 9.13 Å². The third-order valence-electron chi connectivity index (χ3n) is 10.9. The second kappa shape index (κ2) is 9.25. The predicted molar refractivity (Wildman–Crippen MR) is 206 cm³/mol. The van der Waals surface area contributed by atoms with Crippen LogP contribution in [0.1, 0.15) is 25.0 Å². The minimum Gasteiger partial charge on any atom is -0.309 e. The molecule has 10 aromatic rings. The molecule has 0 bridgehead atoms. The fourth-order valence-electron chi connectivity index (χ4n) is 8.69. The molecule has 0 spiro atoms. The fraction of sp³-hybridized carbons (Fsp3) is 0.0667. The first-order valence-corrected chi connectivity index (χ1v) is 17.5. The van der Waals surface area contributed by atoms with Crippen molar-refractivity contribution < 1.29 is 0 Å². The van der Waals surface area contributed by atoms with Crippen molar-refractivity contribution in [3.63, 3.8) is 0 Å². The van der Waals surface area contributed by atoms with Crippen molar-refractivity contribution in [3.8, 4) is 22.5 Å². The molecule has 1 aliphatic carbocycles. The van der Waals surface area contributed by atoms with Crippen LogP contribution in [0.2, 0.25) is 0 Å². The van der Waals surface area contributed by atoms with Gasteiger partial charge in [-0.25, -0.2) is 0 Å². The maximum Gasteiger partial charge on any atom is 0.0719 e. The number of fused-ring (bicyclic) bond motifs is 13. The van der Waals surface area contributed by atoms with Crippen LogP contribution in [0.4, 0.5) is 0 Å². The third-order valence-corrected chi connectivity index (χ3v) is 12.1. The fourth-order valence-corrected chi connectivity index (χ4v) is 9.93. The smallest absolute Gasteiger partial charge is 0.0719 e. The molecule has 0 radical (unpaired) electrons. The summed E-state index contributed by atoms with van der Waals surface area (Å²) in [6.45, 7) is 4.75. The minimum atomic E-state index is -0.0827. The molecule has 1 aliphatic rings. The van der Waals surface area contributed by atoms with E-state index in [9.17, 15) is 0 Å². The van der Waals surface area contributed by atoms with Gasteiger partial charge in [0.1, 0.15) is 0 Å².